The Bertz CT molecular complexity index is 921. The fourth-order valence-electron chi connectivity index (χ4n) is 4.55. The van der Waals surface area contributed by atoms with Gasteiger partial charge in [-0.05, 0) is 49.8 Å². The third-order valence-corrected chi connectivity index (χ3v) is 5.94. The number of likely N-dealkylation sites (tertiary alicyclic amines) is 2. The molecule has 0 bridgehead atoms. The number of nitrogen functional groups attached to an aromatic ring is 1. The van der Waals surface area contributed by atoms with E-state index >= 15 is 0 Å². The van der Waals surface area contributed by atoms with Crippen molar-refractivity contribution in [3.8, 4) is 0 Å². The molecule has 8 nitrogen and oxygen atoms in total. The standard InChI is InChI=1S/C22H26N4O2.CH2O2/c23-19-10-4-9-18(24-19)20(27)26-15-6-13-22(26)12-5-14-25(21(22)28)16-11-17-7-2-1-3-8-17;2-1-3/h1-4,7-10H,5-6,11-16H2,(H2,23,24);1H,(H,2,3). The summed E-state index contributed by atoms with van der Waals surface area (Å²) in [5, 5.41) is 6.89. The molecular formula is C23H28N4O4. The number of pyridine rings is 1. The first-order chi connectivity index (χ1) is 15.0. The molecule has 4 rings (SSSR count). The van der Waals surface area contributed by atoms with E-state index in [0.29, 0.717) is 24.6 Å². The summed E-state index contributed by atoms with van der Waals surface area (Å²) in [4.78, 5) is 42.8. The minimum atomic E-state index is -0.724. The fraction of sp³-hybridized carbons (Fsp3) is 0.391. The molecule has 2 amide bonds. The van der Waals surface area contributed by atoms with Crippen LogP contribution in [0, 0.1) is 0 Å². The van der Waals surface area contributed by atoms with E-state index in [1.165, 1.54) is 5.56 Å². The Balaban J connectivity index is 0.000000858. The van der Waals surface area contributed by atoms with E-state index < -0.39 is 5.54 Å². The minimum absolute atomic E-state index is 0.0874. The zero-order chi connectivity index (χ0) is 22.3. The van der Waals surface area contributed by atoms with E-state index in [1.807, 2.05) is 23.1 Å². The maximum atomic E-state index is 13.5. The van der Waals surface area contributed by atoms with Crippen LogP contribution in [-0.2, 0) is 16.0 Å². The molecule has 3 heterocycles. The van der Waals surface area contributed by atoms with Crippen molar-refractivity contribution in [1.82, 2.24) is 14.8 Å². The van der Waals surface area contributed by atoms with Crippen LogP contribution in [0.3, 0.4) is 0 Å². The number of nitrogens with zero attached hydrogens (tertiary/aromatic N) is 3. The van der Waals surface area contributed by atoms with Crippen molar-refractivity contribution in [2.75, 3.05) is 25.4 Å². The molecule has 1 aromatic carbocycles. The lowest BCUT2D eigenvalue weighted by Crippen LogP contribution is -2.61. The Morgan fingerprint density at radius 3 is 2.45 bits per heavy atom. The summed E-state index contributed by atoms with van der Waals surface area (Å²) >= 11 is 0. The highest BCUT2D eigenvalue weighted by Crippen LogP contribution is 2.39. The Morgan fingerprint density at radius 2 is 1.77 bits per heavy atom. The van der Waals surface area contributed by atoms with E-state index in [0.717, 1.165) is 38.6 Å². The van der Waals surface area contributed by atoms with Gasteiger partial charge in [0.25, 0.3) is 12.4 Å². The molecule has 1 aromatic heterocycles. The predicted octanol–water partition coefficient (Wildman–Crippen LogP) is 2.20. The molecule has 1 atom stereocenters. The first-order valence-electron chi connectivity index (χ1n) is 10.5. The zero-order valence-corrected chi connectivity index (χ0v) is 17.4. The van der Waals surface area contributed by atoms with Crippen LogP contribution >= 0.6 is 0 Å². The van der Waals surface area contributed by atoms with Crippen LogP contribution in [0.2, 0.25) is 0 Å². The number of piperidine rings is 1. The quantitative estimate of drug-likeness (QED) is 0.727. The van der Waals surface area contributed by atoms with E-state index in [4.69, 9.17) is 15.6 Å². The Morgan fingerprint density at radius 1 is 1.10 bits per heavy atom. The van der Waals surface area contributed by atoms with E-state index in [1.54, 1.807) is 23.1 Å². The molecule has 1 unspecified atom stereocenters. The third kappa shape index (κ3) is 4.84. The molecule has 2 aliphatic heterocycles. The van der Waals surface area contributed by atoms with Gasteiger partial charge in [0.2, 0.25) is 5.91 Å². The van der Waals surface area contributed by atoms with E-state index in [2.05, 4.69) is 17.1 Å². The fourth-order valence-corrected chi connectivity index (χ4v) is 4.55. The number of hydrogen-bond donors (Lipinski definition) is 2. The molecular weight excluding hydrogens is 396 g/mol. The van der Waals surface area contributed by atoms with Crippen LogP contribution in [0.4, 0.5) is 5.82 Å². The molecule has 0 saturated carbocycles. The van der Waals surface area contributed by atoms with Gasteiger partial charge in [0.05, 0.1) is 0 Å². The Labute approximate surface area is 181 Å². The molecule has 2 aliphatic rings. The topological polar surface area (TPSA) is 117 Å². The van der Waals surface area contributed by atoms with Crippen molar-refractivity contribution in [2.24, 2.45) is 0 Å². The van der Waals surface area contributed by atoms with Gasteiger partial charge in [-0.25, -0.2) is 4.98 Å². The average molecular weight is 425 g/mol. The summed E-state index contributed by atoms with van der Waals surface area (Å²) in [5.74, 6) is 0.214. The van der Waals surface area contributed by atoms with Gasteiger partial charge < -0.3 is 20.6 Å². The number of hydrogen-bond acceptors (Lipinski definition) is 5. The van der Waals surface area contributed by atoms with Gasteiger partial charge in [-0.3, -0.25) is 14.4 Å². The summed E-state index contributed by atoms with van der Waals surface area (Å²) in [6.07, 6.45) is 4.03. The van der Waals surface area contributed by atoms with Gasteiger partial charge >= 0.3 is 0 Å². The van der Waals surface area contributed by atoms with Crippen molar-refractivity contribution in [3.63, 3.8) is 0 Å². The van der Waals surface area contributed by atoms with Crippen LogP contribution in [0.25, 0.3) is 0 Å². The Kier molecular flexibility index (Phi) is 7.23. The number of anilines is 1. The third-order valence-electron chi connectivity index (χ3n) is 5.94. The second-order valence-corrected chi connectivity index (χ2v) is 7.78. The molecule has 1 spiro atoms. The number of carbonyl (C=O) groups is 3. The lowest BCUT2D eigenvalue weighted by Gasteiger charge is -2.44. The van der Waals surface area contributed by atoms with Gasteiger partial charge in [-0.15, -0.1) is 0 Å². The van der Waals surface area contributed by atoms with Gasteiger partial charge in [-0.2, -0.15) is 0 Å². The second kappa shape index (κ2) is 10.1. The highest BCUT2D eigenvalue weighted by Gasteiger charge is 2.52. The van der Waals surface area contributed by atoms with E-state index in [-0.39, 0.29) is 18.3 Å². The van der Waals surface area contributed by atoms with Crippen molar-refractivity contribution >= 4 is 24.1 Å². The number of rotatable bonds is 4. The molecule has 31 heavy (non-hydrogen) atoms. The van der Waals surface area contributed by atoms with Crippen molar-refractivity contribution < 1.29 is 19.5 Å². The molecule has 0 aliphatic carbocycles. The predicted molar refractivity (Wildman–Crippen MR) is 116 cm³/mol. The summed E-state index contributed by atoms with van der Waals surface area (Å²) in [5.41, 5.74) is 6.56. The lowest BCUT2D eigenvalue weighted by atomic mass is 9.85. The van der Waals surface area contributed by atoms with E-state index in [9.17, 15) is 9.59 Å². The van der Waals surface area contributed by atoms with Gasteiger partial charge in [0.15, 0.2) is 0 Å². The number of amides is 2. The largest absolute Gasteiger partial charge is 0.483 e. The zero-order valence-electron chi connectivity index (χ0n) is 17.4. The molecule has 3 N–H and O–H groups in total. The van der Waals surface area contributed by atoms with Crippen molar-refractivity contribution in [3.05, 3.63) is 59.8 Å². The minimum Gasteiger partial charge on any atom is -0.483 e. The number of benzene rings is 1. The monoisotopic (exact) mass is 424 g/mol. The van der Waals surface area contributed by atoms with Crippen LogP contribution in [0.5, 0.6) is 0 Å². The lowest BCUT2D eigenvalue weighted by molar-refractivity contribution is -0.145. The van der Waals surface area contributed by atoms with Crippen LogP contribution in [-0.4, -0.2) is 63.4 Å². The SMILES string of the molecule is Nc1cccc(C(=O)N2CCCC23CCCN(CCc2ccccc2)C3=O)n1.O=CO. The number of carboxylic acid groups (broad SMARTS) is 1. The summed E-state index contributed by atoms with van der Waals surface area (Å²) in [6, 6.07) is 15.3. The molecule has 8 heteroatoms. The van der Waals surface area contributed by atoms with Gasteiger partial charge in [-0.1, -0.05) is 36.4 Å². The highest BCUT2D eigenvalue weighted by molar-refractivity contribution is 5.99. The summed E-state index contributed by atoms with van der Waals surface area (Å²) in [7, 11) is 0. The van der Waals surface area contributed by atoms with Gasteiger partial charge in [0, 0.05) is 19.6 Å². The maximum absolute atomic E-state index is 13.5. The molecule has 2 aromatic rings. The molecule has 0 radical (unpaired) electrons. The molecule has 164 valence electrons. The average Bonchev–Trinajstić information content (AvgIpc) is 3.20. The van der Waals surface area contributed by atoms with Crippen LogP contribution in [0.1, 0.15) is 41.7 Å². The highest BCUT2D eigenvalue weighted by atomic mass is 16.3. The smallest absolute Gasteiger partial charge is 0.290 e. The first kappa shape index (κ1) is 22.3. The molecule has 2 fully saturated rings. The number of carbonyl (C=O) groups excluding carboxylic acids is 2. The van der Waals surface area contributed by atoms with Crippen molar-refractivity contribution in [2.45, 2.75) is 37.6 Å². The second-order valence-electron chi connectivity index (χ2n) is 7.78. The summed E-state index contributed by atoms with van der Waals surface area (Å²) in [6.45, 7) is 1.78. The Hall–Kier alpha value is -3.42. The first-order valence-corrected chi connectivity index (χ1v) is 10.5. The number of nitrogens with two attached hydrogens (primary N) is 1. The summed E-state index contributed by atoms with van der Waals surface area (Å²) < 4.78 is 0. The van der Waals surface area contributed by atoms with Crippen LogP contribution in [0.15, 0.2) is 48.5 Å². The van der Waals surface area contributed by atoms with Crippen molar-refractivity contribution in [1.29, 1.82) is 0 Å². The van der Waals surface area contributed by atoms with Crippen LogP contribution < -0.4 is 5.73 Å². The molecule has 2 saturated heterocycles. The number of aromatic nitrogens is 1. The maximum Gasteiger partial charge on any atom is 0.290 e. The van der Waals surface area contributed by atoms with Gasteiger partial charge in [0.1, 0.15) is 17.1 Å². The normalized spacial score (nSPS) is 20.3.